The topological polar surface area (TPSA) is 15.3 Å². The summed E-state index contributed by atoms with van der Waals surface area (Å²) in [5.41, 5.74) is 0. The van der Waals surface area contributed by atoms with Crippen LogP contribution in [0.4, 0.5) is 0 Å². The average Bonchev–Trinajstić information content (AvgIpc) is 2.62. The molecule has 0 unspecified atom stereocenters. The SMILES string of the molecule is CC(C)C[C@@H](CNCc1cc(Br)cs1)N(C)C. The van der Waals surface area contributed by atoms with E-state index in [-0.39, 0.29) is 0 Å². The summed E-state index contributed by atoms with van der Waals surface area (Å²) < 4.78 is 1.19. The number of likely N-dealkylation sites (N-methyl/N-ethyl adjacent to an activating group) is 1. The highest BCUT2D eigenvalue weighted by Crippen LogP contribution is 2.19. The maximum atomic E-state index is 3.55. The van der Waals surface area contributed by atoms with Gasteiger partial charge in [0.05, 0.1) is 0 Å². The minimum Gasteiger partial charge on any atom is -0.310 e. The smallest absolute Gasteiger partial charge is 0.0300 e. The Labute approximate surface area is 118 Å². The minimum atomic E-state index is 0.624. The molecule has 1 aromatic heterocycles. The Balaban J connectivity index is 2.31. The Morgan fingerprint density at radius 2 is 2.12 bits per heavy atom. The average molecular weight is 319 g/mol. The first-order valence-corrected chi connectivity index (χ1v) is 7.76. The van der Waals surface area contributed by atoms with Crippen molar-refractivity contribution in [3.05, 3.63) is 20.8 Å². The fourth-order valence-electron chi connectivity index (χ4n) is 1.83. The highest BCUT2D eigenvalue weighted by molar-refractivity contribution is 9.10. The van der Waals surface area contributed by atoms with Gasteiger partial charge in [0.15, 0.2) is 0 Å². The third-order valence-electron chi connectivity index (χ3n) is 2.77. The first-order chi connectivity index (χ1) is 7.99. The molecular weight excluding hydrogens is 296 g/mol. The van der Waals surface area contributed by atoms with E-state index in [0.29, 0.717) is 6.04 Å². The first kappa shape index (κ1) is 15.2. The largest absolute Gasteiger partial charge is 0.310 e. The van der Waals surface area contributed by atoms with Crippen molar-refractivity contribution < 1.29 is 0 Å². The van der Waals surface area contributed by atoms with Crippen molar-refractivity contribution in [1.82, 2.24) is 10.2 Å². The summed E-state index contributed by atoms with van der Waals surface area (Å²) in [5, 5.41) is 5.68. The van der Waals surface area contributed by atoms with Crippen LogP contribution in [0.15, 0.2) is 15.9 Å². The third kappa shape index (κ3) is 6.00. The van der Waals surface area contributed by atoms with Crippen molar-refractivity contribution in [3.63, 3.8) is 0 Å². The number of thiophene rings is 1. The quantitative estimate of drug-likeness (QED) is 0.826. The van der Waals surface area contributed by atoms with E-state index in [0.717, 1.165) is 19.0 Å². The molecule has 0 fully saturated rings. The molecule has 0 aliphatic carbocycles. The lowest BCUT2D eigenvalue weighted by molar-refractivity contribution is 0.247. The molecule has 98 valence electrons. The predicted molar refractivity (Wildman–Crippen MR) is 80.7 cm³/mol. The Kier molecular flexibility index (Phi) is 6.70. The van der Waals surface area contributed by atoms with E-state index in [1.54, 1.807) is 11.3 Å². The van der Waals surface area contributed by atoms with Crippen molar-refractivity contribution in [2.75, 3.05) is 20.6 Å². The summed E-state index contributed by atoms with van der Waals surface area (Å²) in [7, 11) is 4.33. The van der Waals surface area contributed by atoms with E-state index >= 15 is 0 Å². The summed E-state index contributed by atoms with van der Waals surface area (Å²) >= 11 is 5.28. The maximum absolute atomic E-state index is 3.55. The van der Waals surface area contributed by atoms with Crippen LogP contribution in [0, 0.1) is 5.92 Å². The lowest BCUT2D eigenvalue weighted by atomic mass is 10.0. The van der Waals surface area contributed by atoms with E-state index in [1.807, 2.05) is 0 Å². The summed E-state index contributed by atoms with van der Waals surface area (Å²) in [4.78, 5) is 3.70. The van der Waals surface area contributed by atoms with Crippen LogP contribution >= 0.6 is 27.3 Å². The lowest BCUT2D eigenvalue weighted by Gasteiger charge is -2.26. The normalized spacial score (nSPS) is 13.6. The van der Waals surface area contributed by atoms with E-state index in [1.165, 1.54) is 15.8 Å². The molecular formula is C13H23BrN2S. The zero-order valence-corrected chi connectivity index (χ0v) is 13.6. The molecule has 0 aliphatic heterocycles. The zero-order chi connectivity index (χ0) is 12.8. The molecule has 0 saturated carbocycles. The standard InChI is InChI=1S/C13H23BrN2S/c1-10(2)5-12(16(3)4)7-15-8-13-6-11(14)9-17-13/h6,9-10,12,15H,5,7-8H2,1-4H3/t12-/m0/s1. The van der Waals surface area contributed by atoms with Crippen LogP contribution in [0.5, 0.6) is 0 Å². The van der Waals surface area contributed by atoms with Crippen LogP contribution in [0.3, 0.4) is 0 Å². The van der Waals surface area contributed by atoms with E-state index < -0.39 is 0 Å². The summed E-state index contributed by atoms with van der Waals surface area (Å²) in [6, 6.07) is 2.81. The van der Waals surface area contributed by atoms with Gasteiger partial charge in [-0.15, -0.1) is 11.3 Å². The molecule has 0 spiro atoms. The monoisotopic (exact) mass is 318 g/mol. The fraction of sp³-hybridized carbons (Fsp3) is 0.692. The molecule has 4 heteroatoms. The molecule has 0 radical (unpaired) electrons. The van der Waals surface area contributed by atoms with Crippen LogP contribution in [-0.4, -0.2) is 31.6 Å². The van der Waals surface area contributed by atoms with E-state index in [9.17, 15) is 0 Å². The molecule has 1 heterocycles. The molecule has 0 aromatic carbocycles. The maximum Gasteiger partial charge on any atom is 0.0300 e. The first-order valence-electron chi connectivity index (χ1n) is 6.09. The third-order valence-corrected chi connectivity index (χ3v) is 4.47. The summed E-state index contributed by atoms with van der Waals surface area (Å²) in [6.45, 7) is 6.60. The van der Waals surface area contributed by atoms with Gasteiger partial charge in [-0.2, -0.15) is 0 Å². The molecule has 1 rings (SSSR count). The number of hydrogen-bond donors (Lipinski definition) is 1. The van der Waals surface area contributed by atoms with Crippen LogP contribution in [0.1, 0.15) is 25.1 Å². The van der Waals surface area contributed by atoms with Gasteiger partial charge in [0.1, 0.15) is 0 Å². The van der Waals surface area contributed by atoms with Crippen LogP contribution < -0.4 is 5.32 Å². The molecule has 0 aliphatic rings. The van der Waals surface area contributed by atoms with Gasteiger partial charge in [-0.05, 0) is 48.4 Å². The van der Waals surface area contributed by atoms with Gasteiger partial charge in [0, 0.05) is 33.9 Å². The predicted octanol–water partition coefficient (Wildman–Crippen LogP) is 3.58. The molecule has 1 N–H and O–H groups in total. The van der Waals surface area contributed by atoms with Gasteiger partial charge in [-0.1, -0.05) is 13.8 Å². The van der Waals surface area contributed by atoms with Crippen molar-refractivity contribution in [2.24, 2.45) is 5.92 Å². The molecule has 1 atom stereocenters. The second kappa shape index (κ2) is 7.52. The summed E-state index contributed by atoms with van der Waals surface area (Å²) in [6.07, 6.45) is 1.24. The van der Waals surface area contributed by atoms with Gasteiger partial charge in [-0.25, -0.2) is 0 Å². The van der Waals surface area contributed by atoms with Crippen molar-refractivity contribution in [1.29, 1.82) is 0 Å². The highest BCUT2D eigenvalue weighted by atomic mass is 79.9. The van der Waals surface area contributed by atoms with Gasteiger partial charge < -0.3 is 10.2 Å². The van der Waals surface area contributed by atoms with Crippen LogP contribution in [0.25, 0.3) is 0 Å². The number of nitrogens with one attached hydrogen (secondary N) is 1. The van der Waals surface area contributed by atoms with Crippen LogP contribution in [0.2, 0.25) is 0 Å². The number of nitrogens with zero attached hydrogens (tertiary/aromatic N) is 1. The Morgan fingerprint density at radius 1 is 1.41 bits per heavy atom. The second-order valence-electron chi connectivity index (χ2n) is 5.11. The Morgan fingerprint density at radius 3 is 2.59 bits per heavy atom. The van der Waals surface area contributed by atoms with Crippen molar-refractivity contribution in [2.45, 2.75) is 32.9 Å². The number of hydrogen-bond acceptors (Lipinski definition) is 3. The molecule has 0 bridgehead atoms. The zero-order valence-electron chi connectivity index (χ0n) is 11.2. The van der Waals surface area contributed by atoms with Crippen molar-refractivity contribution >= 4 is 27.3 Å². The van der Waals surface area contributed by atoms with E-state index in [4.69, 9.17) is 0 Å². The molecule has 2 nitrogen and oxygen atoms in total. The fourth-order valence-corrected chi connectivity index (χ4v) is 3.25. The Hall–Kier alpha value is 0.1000. The van der Waals surface area contributed by atoms with Gasteiger partial charge >= 0.3 is 0 Å². The molecule has 0 saturated heterocycles. The molecule has 1 aromatic rings. The highest BCUT2D eigenvalue weighted by Gasteiger charge is 2.12. The minimum absolute atomic E-state index is 0.624. The van der Waals surface area contributed by atoms with Gasteiger partial charge in [0.25, 0.3) is 0 Å². The number of halogens is 1. The number of rotatable bonds is 7. The molecule has 0 amide bonds. The van der Waals surface area contributed by atoms with Crippen LogP contribution in [-0.2, 0) is 6.54 Å². The summed E-state index contributed by atoms with van der Waals surface area (Å²) in [5.74, 6) is 0.750. The Bertz CT molecular complexity index is 323. The lowest BCUT2D eigenvalue weighted by Crippen LogP contribution is -2.38. The second-order valence-corrected chi connectivity index (χ2v) is 7.02. The van der Waals surface area contributed by atoms with Gasteiger partial charge in [-0.3, -0.25) is 0 Å². The van der Waals surface area contributed by atoms with Gasteiger partial charge in [0.2, 0.25) is 0 Å². The molecule has 17 heavy (non-hydrogen) atoms. The van der Waals surface area contributed by atoms with Crippen molar-refractivity contribution in [3.8, 4) is 0 Å². The van der Waals surface area contributed by atoms with E-state index in [2.05, 4.69) is 65.5 Å².